The maximum Gasteiger partial charge on any atom is 0.472 e. The Hall–Kier alpha value is -5.58. The summed E-state index contributed by atoms with van der Waals surface area (Å²) in [6.07, 6.45) is 89.1. The Labute approximate surface area is 629 Å². The lowest BCUT2D eigenvalue weighted by molar-refractivity contribution is -0.161. The Morgan fingerprint density at radius 1 is 0.269 bits per heavy atom. The molecule has 0 aromatic rings. The van der Waals surface area contributed by atoms with Crippen LogP contribution >= 0.6 is 15.6 Å². The fraction of sp³-hybridized carbons (Fsp3) is 0.624. The molecule has 0 rings (SSSR count). The molecule has 0 saturated heterocycles. The first kappa shape index (κ1) is 98.4. The van der Waals surface area contributed by atoms with Crippen molar-refractivity contribution in [1.29, 1.82) is 0 Å². The maximum absolute atomic E-state index is 13.1. The molecule has 5 unspecified atom stereocenters. The van der Waals surface area contributed by atoms with Gasteiger partial charge in [-0.2, -0.15) is 0 Å². The Balaban J connectivity index is 5.44. The van der Waals surface area contributed by atoms with Crippen molar-refractivity contribution >= 4 is 39.5 Å². The van der Waals surface area contributed by atoms with E-state index in [0.717, 1.165) is 199 Å². The molecule has 0 fully saturated rings. The maximum atomic E-state index is 13.1. The zero-order chi connectivity index (χ0) is 76.0. The van der Waals surface area contributed by atoms with Crippen molar-refractivity contribution in [3.8, 4) is 0 Å². The zero-order valence-electron chi connectivity index (χ0n) is 64.4. The quantitative estimate of drug-likeness (QED) is 0.0169. The molecule has 0 spiro atoms. The van der Waals surface area contributed by atoms with Gasteiger partial charge >= 0.3 is 39.5 Å². The predicted molar refractivity (Wildman–Crippen MR) is 426 cm³/mol. The molecule has 0 aromatic heterocycles. The summed E-state index contributed by atoms with van der Waals surface area (Å²) in [6.45, 7) is 4.30. The Kier molecular flexibility index (Phi) is 71.6. The number of phosphoric ester groups is 2. The number of carbonyl (C=O) groups is 4. The van der Waals surface area contributed by atoms with Crippen LogP contribution in [0.1, 0.15) is 285 Å². The summed E-state index contributed by atoms with van der Waals surface area (Å²) >= 11 is 0. The first-order valence-electron chi connectivity index (χ1n) is 39.4. The second-order valence-corrected chi connectivity index (χ2v) is 28.4. The van der Waals surface area contributed by atoms with Gasteiger partial charge in [0.1, 0.15) is 19.3 Å². The van der Waals surface area contributed by atoms with Gasteiger partial charge in [-0.25, -0.2) is 9.13 Å². The lowest BCUT2D eigenvalue weighted by atomic mass is 10.1. The van der Waals surface area contributed by atoms with Crippen LogP contribution < -0.4 is 0 Å². The number of esters is 4. The van der Waals surface area contributed by atoms with E-state index in [9.17, 15) is 43.2 Å². The third-order valence-corrected chi connectivity index (χ3v) is 17.6. The van der Waals surface area contributed by atoms with Gasteiger partial charge in [0.15, 0.2) is 12.2 Å². The molecule has 0 heterocycles. The molecular formula is C85H138O17P2. The summed E-state index contributed by atoms with van der Waals surface area (Å²) in [7, 11) is -10.00. The van der Waals surface area contributed by atoms with Gasteiger partial charge in [0.2, 0.25) is 0 Å². The number of ether oxygens (including phenoxy) is 4. The number of allylic oxidation sites excluding steroid dienone is 28. The molecule has 17 nitrogen and oxygen atoms in total. The molecule has 0 amide bonds. The van der Waals surface area contributed by atoms with Crippen molar-refractivity contribution < 1.29 is 80.2 Å². The van der Waals surface area contributed by atoms with Crippen molar-refractivity contribution in [3.05, 3.63) is 170 Å². The molecule has 590 valence electrons. The van der Waals surface area contributed by atoms with Gasteiger partial charge in [-0.1, -0.05) is 262 Å². The Morgan fingerprint density at radius 3 is 0.740 bits per heavy atom. The predicted octanol–water partition coefficient (Wildman–Crippen LogP) is 23.0. The number of phosphoric acid groups is 2. The van der Waals surface area contributed by atoms with Gasteiger partial charge in [-0.3, -0.25) is 37.3 Å². The molecule has 3 N–H and O–H groups in total. The highest BCUT2D eigenvalue weighted by Crippen LogP contribution is 2.45. The Bertz CT molecular complexity index is 2640. The number of rotatable bonds is 72. The lowest BCUT2D eigenvalue weighted by Gasteiger charge is -2.21. The molecule has 19 heteroatoms. The summed E-state index contributed by atoms with van der Waals surface area (Å²) < 4.78 is 68.5. The molecular weight excluding hydrogens is 1350 g/mol. The van der Waals surface area contributed by atoms with Crippen LogP contribution in [0.15, 0.2) is 170 Å². The average Bonchev–Trinajstić information content (AvgIpc) is 0.918. The molecule has 0 bridgehead atoms. The summed E-state index contributed by atoms with van der Waals surface area (Å²) in [6, 6.07) is 0. The van der Waals surface area contributed by atoms with Crippen LogP contribution in [-0.2, 0) is 65.4 Å². The minimum absolute atomic E-state index is 0.0326. The van der Waals surface area contributed by atoms with Crippen LogP contribution in [-0.4, -0.2) is 96.7 Å². The van der Waals surface area contributed by atoms with E-state index in [1.165, 1.54) is 0 Å². The van der Waals surface area contributed by atoms with Gasteiger partial charge in [-0.15, -0.1) is 0 Å². The molecule has 0 radical (unpaired) electrons. The fourth-order valence-electron chi connectivity index (χ4n) is 9.82. The number of aliphatic hydroxyl groups excluding tert-OH is 1. The highest BCUT2D eigenvalue weighted by atomic mass is 31.2. The van der Waals surface area contributed by atoms with Crippen molar-refractivity contribution in [1.82, 2.24) is 0 Å². The molecule has 0 saturated carbocycles. The lowest BCUT2D eigenvalue weighted by Crippen LogP contribution is -2.30. The van der Waals surface area contributed by atoms with Gasteiger partial charge in [-0.05, 0) is 167 Å². The average molecular weight is 1490 g/mol. The summed E-state index contributed by atoms with van der Waals surface area (Å²) in [5.74, 6) is -2.29. The van der Waals surface area contributed by atoms with E-state index in [2.05, 4.69) is 198 Å². The molecule has 5 atom stereocenters. The van der Waals surface area contributed by atoms with Gasteiger partial charge in [0.05, 0.1) is 26.4 Å². The minimum Gasteiger partial charge on any atom is -0.462 e. The highest BCUT2D eigenvalue weighted by molar-refractivity contribution is 7.47. The van der Waals surface area contributed by atoms with E-state index < -0.39 is 97.5 Å². The van der Waals surface area contributed by atoms with E-state index >= 15 is 0 Å². The van der Waals surface area contributed by atoms with Gasteiger partial charge in [0.25, 0.3) is 0 Å². The molecule has 0 aliphatic carbocycles. The summed E-state index contributed by atoms with van der Waals surface area (Å²) in [4.78, 5) is 73.0. The van der Waals surface area contributed by atoms with Gasteiger partial charge in [0, 0.05) is 25.7 Å². The van der Waals surface area contributed by atoms with E-state index in [0.29, 0.717) is 32.1 Å². The summed E-state index contributed by atoms with van der Waals surface area (Å²) in [5.41, 5.74) is 0. The van der Waals surface area contributed by atoms with Crippen LogP contribution in [0.2, 0.25) is 0 Å². The first-order chi connectivity index (χ1) is 50.7. The topological polar surface area (TPSA) is 237 Å². The zero-order valence-corrected chi connectivity index (χ0v) is 66.2. The number of hydrogen-bond donors (Lipinski definition) is 3. The van der Waals surface area contributed by atoms with Crippen LogP contribution in [0.5, 0.6) is 0 Å². The number of unbranched alkanes of at least 4 members (excludes halogenated alkanes) is 18. The Morgan fingerprint density at radius 2 is 0.471 bits per heavy atom. The van der Waals surface area contributed by atoms with Gasteiger partial charge < -0.3 is 33.8 Å². The second kappa shape index (κ2) is 75.6. The molecule has 0 aliphatic heterocycles. The second-order valence-electron chi connectivity index (χ2n) is 25.5. The largest absolute Gasteiger partial charge is 0.472 e. The fourth-order valence-corrected chi connectivity index (χ4v) is 11.4. The smallest absolute Gasteiger partial charge is 0.462 e. The van der Waals surface area contributed by atoms with E-state index in [-0.39, 0.29) is 25.7 Å². The van der Waals surface area contributed by atoms with Crippen molar-refractivity contribution in [2.45, 2.75) is 303 Å². The van der Waals surface area contributed by atoms with Crippen molar-refractivity contribution in [3.63, 3.8) is 0 Å². The number of aliphatic hydroxyl groups is 1. The van der Waals surface area contributed by atoms with E-state index in [1.807, 2.05) is 0 Å². The van der Waals surface area contributed by atoms with Crippen LogP contribution in [0.3, 0.4) is 0 Å². The van der Waals surface area contributed by atoms with Crippen molar-refractivity contribution in [2.75, 3.05) is 39.6 Å². The molecule has 0 aliphatic rings. The monoisotopic (exact) mass is 1490 g/mol. The molecule has 104 heavy (non-hydrogen) atoms. The standard InChI is InChI=1S/C85H138O17P2/c1-5-9-13-17-21-25-29-33-37-38-39-40-44-46-50-54-58-62-66-70-83(88)96-76-81(102-85(90)72-68-64-60-56-52-48-43-36-32-28-24-20-16-12-8-4)78-100-104(93,94)98-74-79(86)73-97-103(91,92)99-77-80(101-84(89)71-67-63-59-55-51-47-42-35-31-27-23-19-15-11-7-3)75-95-82(87)69-65-61-57-53-49-45-41-34-30-26-22-18-14-10-6-2/h9-16,21-28,33-37,39-43,52,56,79-81,86H,5-8,17-20,29-32,38,44-51,53-55,57-78H2,1-4H3,(H,91,92)(H,93,94)/b13-9-,14-10-,15-11-,16-12-,25-21-,26-22-,27-23-,28-24-,37-33-,40-39-,41-34-,42-35-,43-36-,56-52-. The third kappa shape index (κ3) is 74.7. The minimum atomic E-state index is -5.00. The van der Waals surface area contributed by atoms with E-state index in [4.69, 9.17) is 37.0 Å². The number of hydrogen-bond acceptors (Lipinski definition) is 15. The highest BCUT2D eigenvalue weighted by Gasteiger charge is 2.30. The van der Waals surface area contributed by atoms with Crippen molar-refractivity contribution in [2.24, 2.45) is 0 Å². The summed E-state index contributed by atoms with van der Waals surface area (Å²) in [5, 5.41) is 10.6. The molecule has 0 aromatic carbocycles. The third-order valence-electron chi connectivity index (χ3n) is 15.7. The van der Waals surface area contributed by atoms with E-state index in [1.54, 1.807) is 0 Å². The van der Waals surface area contributed by atoms with Crippen LogP contribution in [0.25, 0.3) is 0 Å². The SMILES string of the molecule is CC/C=C\C/C=C\C/C=C\C/C=C\CCCCCCCCC(=O)OCC(COP(=O)(O)OCC(O)COP(=O)(O)OCC(COC(=O)CCCCCCC/C=C\C/C=C\C/C=C\CC)OC(=O)CCCCCCC/C=C\C/C=C\C/C=C\CC)OC(=O)CCCC/C=C\C/C=C\C/C=C\C/C=C\CC. The first-order valence-corrected chi connectivity index (χ1v) is 42.4. The number of carbonyl (C=O) groups excluding carboxylic acids is 4. The van der Waals surface area contributed by atoms with Crippen LogP contribution in [0, 0.1) is 0 Å². The normalized spacial score (nSPS) is 14.8. The van der Waals surface area contributed by atoms with Crippen LogP contribution in [0.4, 0.5) is 0 Å².